The van der Waals surface area contributed by atoms with Gasteiger partial charge in [-0.25, -0.2) is 0 Å². The molecule has 3 heteroatoms. The van der Waals surface area contributed by atoms with Crippen molar-refractivity contribution in [3.05, 3.63) is 35.9 Å². The molecule has 1 aliphatic rings. The van der Waals surface area contributed by atoms with Gasteiger partial charge in [0.25, 0.3) is 6.47 Å². The molecule has 1 heterocycles. The SMILES string of the molecule is O=COCCN1CC=Cc2ccccc21.[H+]. The van der Waals surface area contributed by atoms with E-state index >= 15 is 0 Å². The van der Waals surface area contributed by atoms with Gasteiger partial charge in [0.2, 0.25) is 0 Å². The van der Waals surface area contributed by atoms with Gasteiger partial charge in [-0.05, 0) is 11.6 Å². The van der Waals surface area contributed by atoms with Crippen molar-refractivity contribution in [1.82, 2.24) is 0 Å². The minimum Gasteiger partial charge on any atom is -0.466 e. The van der Waals surface area contributed by atoms with Crippen molar-refractivity contribution in [3.8, 4) is 0 Å². The summed E-state index contributed by atoms with van der Waals surface area (Å²) in [6.45, 7) is 2.54. The predicted molar refractivity (Wildman–Crippen MR) is 60.8 cm³/mol. The fraction of sp³-hybridized carbons (Fsp3) is 0.250. The van der Waals surface area contributed by atoms with Crippen molar-refractivity contribution in [2.45, 2.75) is 0 Å². The normalized spacial score (nSPS) is 13.5. The van der Waals surface area contributed by atoms with Gasteiger partial charge in [0.15, 0.2) is 0 Å². The van der Waals surface area contributed by atoms with Crippen LogP contribution in [-0.4, -0.2) is 26.2 Å². The molecule has 78 valence electrons. The first kappa shape index (κ1) is 9.77. The third-order valence-electron chi connectivity index (χ3n) is 2.45. The first-order valence-electron chi connectivity index (χ1n) is 4.97. The maximum absolute atomic E-state index is 10.0. The van der Waals surface area contributed by atoms with E-state index in [9.17, 15) is 4.79 Å². The van der Waals surface area contributed by atoms with Crippen LogP contribution in [0.4, 0.5) is 5.69 Å². The Kier molecular flexibility index (Phi) is 3.02. The van der Waals surface area contributed by atoms with Gasteiger partial charge < -0.3 is 9.64 Å². The first-order chi connectivity index (χ1) is 7.42. The van der Waals surface area contributed by atoms with Crippen molar-refractivity contribution >= 4 is 18.2 Å². The average Bonchev–Trinajstić information content (AvgIpc) is 2.30. The second-order valence-corrected chi connectivity index (χ2v) is 3.37. The number of benzene rings is 1. The van der Waals surface area contributed by atoms with E-state index in [-0.39, 0.29) is 1.43 Å². The Bertz CT molecular complexity index is 379. The summed E-state index contributed by atoms with van der Waals surface area (Å²) in [4.78, 5) is 12.2. The molecular weight excluding hydrogens is 190 g/mol. The fourth-order valence-electron chi connectivity index (χ4n) is 1.74. The standard InChI is InChI=1S/C12H13NO2/c14-10-15-9-8-13-7-3-5-11-4-1-2-6-12(11)13/h1-6,10H,7-9H2/p+1. The van der Waals surface area contributed by atoms with E-state index in [1.54, 1.807) is 0 Å². The van der Waals surface area contributed by atoms with Crippen LogP contribution < -0.4 is 4.90 Å². The number of nitrogens with zero attached hydrogens (tertiary/aromatic N) is 1. The third-order valence-corrected chi connectivity index (χ3v) is 2.45. The Labute approximate surface area is 90.4 Å². The predicted octanol–water partition coefficient (Wildman–Crippen LogP) is 1.81. The van der Waals surface area contributed by atoms with Crippen molar-refractivity contribution in [3.63, 3.8) is 0 Å². The topological polar surface area (TPSA) is 29.5 Å². The molecule has 1 aromatic rings. The molecule has 0 atom stereocenters. The fourth-order valence-corrected chi connectivity index (χ4v) is 1.74. The lowest BCUT2D eigenvalue weighted by Gasteiger charge is -2.27. The highest BCUT2D eigenvalue weighted by Crippen LogP contribution is 2.24. The zero-order valence-electron chi connectivity index (χ0n) is 9.43. The largest absolute Gasteiger partial charge is 1.00 e. The molecule has 0 radical (unpaired) electrons. The molecule has 0 aromatic heterocycles. The van der Waals surface area contributed by atoms with E-state index in [1.165, 1.54) is 11.3 Å². The van der Waals surface area contributed by atoms with E-state index in [0.29, 0.717) is 13.1 Å². The van der Waals surface area contributed by atoms with Crippen LogP contribution in [0.15, 0.2) is 30.3 Å². The van der Waals surface area contributed by atoms with Crippen LogP contribution in [0.3, 0.4) is 0 Å². The lowest BCUT2D eigenvalue weighted by Crippen LogP contribution is -2.29. The zero-order chi connectivity index (χ0) is 10.5. The van der Waals surface area contributed by atoms with Gasteiger partial charge in [-0.3, -0.25) is 4.79 Å². The molecule has 0 unspecified atom stereocenters. The van der Waals surface area contributed by atoms with E-state index in [0.717, 1.165) is 13.1 Å². The quantitative estimate of drug-likeness (QED) is 0.553. The van der Waals surface area contributed by atoms with E-state index in [4.69, 9.17) is 4.74 Å². The molecule has 1 aliphatic heterocycles. The monoisotopic (exact) mass is 204 g/mol. The van der Waals surface area contributed by atoms with Gasteiger partial charge in [-0.15, -0.1) is 0 Å². The summed E-state index contributed by atoms with van der Waals surface area (Å²) < 4.78 is 4.70. The second-order valence-electron chi connectivity index (χ2n) is 3.37. The van der Waals surface area contributed by atoms with Crippen molar-refractivity contribution in [1.29, 1.82) is 0 Å². The number of ether oxygens (including phenoxy) is 1. The van der Waals surface area contributed by atoms with Crippen molar-refractivity contribution in [2.75, 3.05) is 24.6 Å². The maximum Gasteiger partial charge on any atom is 1.00 e. The third kappa shape index (κ3) is 2.18. The first-order valence-corrected chi connectivity index (χ1v) is 4.97. The highest BCUT2D eigenvalue weighted by molar-refractivity contribution is 5.71. The van der Waals surface area contributed by atoms with Gasteiger partial charge in [0, 0.05) is 12.2 Å². The Hall–Kier alpha value is -1.77. The summed E-state index contributed by atoms with van der Waals surface area (Å²) in [5.74, 6) is 0. The van der Waals surface area contributed by atoms with Crippen LogP contribution in [-0.2, 0) is 9.53 Å². The molecule has 0 spiro atoms. The highest BCUT2D eigenvalue weighted by atomic mass is 16.5. The minimum absolute atomic E-state index is 0. The van der Waals surface area contributed by atoms with E-state index < -0.39 is 0 Å². The number of hydrogen-bond donors (Lipinski definition) is 0. The number of carbonyl (C=O) groups is 1. The number of para-hydroxylation sites is 1. The average molecular weight is 204 g/mol. The van der Waals surface area contributed by atoms with Crippen LogP contribution in [0, 0.1) is 0 Å². The maximum atomic E-state index is 10.0. The van der Waals surface area contributed by atoms with Crippen LogP contribution in [0.2, 0.25) is 0 Å². The van der Waals surface area contributed by atoms with Gasteiger partial charge >= 0.3 is 1.43 Å². The molecule has 0 fully saturated rings. The van der Waals surface area contributed by atoms with E-state index in [1.807, 2.05) is 12.1 Å². The number of hydrogen-bond acceptors (Lipinski definition) is 3. The second kappa shape index (κ2) is 4.64. The molecule has 0 N–H and O–H groups in total. The molecule has 15 heavy (non-hydrogen) atoms. The van der Waals surface area contributed by atoms with Crippen LogP contribution in [0.5, 0.6) is 0 Å². The molecule has 0 saturated heterocycles. The number of carbonyl (C=O) groups excluding carboxylic acids is 1. The van der Waals surface area contributed by atoms with Crippen LogP contribution in [0.25, 0.3) is 6.08 Å². The summed E-state index contributed by atoms with van der Waals surface area (Å²) in [5.41, 5.74) is 2.42. The van der Waals surface area contributed by atoms with Crippen LogP contribution >= 0.6 is 0 Å². The number of anilines is 1. The number of fused-ring (bicyclic) bond motifs is 1. The lowest BCUT2D eigenvalue weighted by molar-refractivity contribution is -0.128. The molecule has 0 saturated carbocycles. The molecule has 1 aromatic carbocycles. The summed E-state index contributed by atoms with van der Waals surface area (Å²) in [5, 5.41) is 0. The smallest absolute Gasteiger partial charge is 0.466 e. The molecule has 2 rings (SSSR count). The summed E-state index contributed by atoms with van der Waals surface area (Å²) in [6.07, 6.45) is 4.23. The molecular formula is C12H14NO2+. The highest BCUT2D eigenvalue weighted by Gasteiger charge is 2.11. The Morgan fingerprint density at radius 3 is 3.20 bits per heavy atom. The van der Waals surface area contributed by atoms with Gasteiger partial charge in [-0.1, -0.05) is 30.4 Å². The van der Waals surface area contributed by atoms with Gasteiger partial charge in [-0.2, -0.15) is 0 Å². The minimum atomic E-state index is 0. The van der Waals surface area contributed by atoms with Crippen molar-refractivity contribution in [2.24, 2.45) is 0 Å². The van der Waals surface area contributed by atoms with Gasteiger partial charge in [0.1, 0.15) is 6.61 Å². The lowest BCUT2D eigenvalue weighted by atomic mass is 10.1. The summed E-state index contributed by atoms with van der Waals surface area (Å²) in [7, 11) is 0. The summed E-state index contributed by atoms with van der Waals surface area (Å²) in [6, 6.07) is 8.21. The molecule has 0 aliphatic carbocycles. The van der Waals surface area contributed by atoms with Gasteiger partial charge in [0.05, 0.1) is 6.54 Å². The zero-order valence-corrected chi connectivity index (χ0v) is 8.43. The Morgan fingerprint density at radius 2 is 2.33 bits per heavy atom. The molecule has 0 amide bonds. The number of rotatable bonds is 4. The summed E-state index contributed by atoms with van der Waals surface area (Å²) >= 11 is 0. The van der Waals surface area contributed by atoms with Crippen molar-refractivity contribution < 1.29 is 11.0 Å². The molecule has 0 bridgehead atoms. The van der Waals surface area contributed by atoms with E-state index in [2.05, 4.69) is 29.2 Å². The van der Waals surface area contributed by atoms with Crippen LogP contribution in [0.1, 0.15) is 6.99 Å². The molecule has 3 nitrogen and oxygen atoms in total. The Balaban J connectivity index is 0.00000128. The Morgan fingerprint density at radius 1 is 1.47 bits per heavy atom.